The van der Waals surface area contributed by atoms with Gasteiger partial charge in [-0.15, -0.1) is 15.3 Å². The number of rotatable bonds is 3. The molecule has 0 amide bonds. The molecule has 2 N–H and O–H groups in total. The standard InChI is InChI=1S/C13H14N6O3/c20-11-6-21-4-3-9(11)16-13-14-5-8-1-2-10(19(8)18-13)12-17-15-7-22-12/h1-2,5,7,9,11,20H,3-4,6H2,(H,16,18)/t9-,11-/m1/s1. The molecule has 114 valence electrons. The van der Waals surface area contributed by atoms with Gasteiger partial charge in [-0.2, -0.15) is 0 Å². The molecule has 9 nitrogen and oxygen atoms in total. The molecule has 1 fully saturated rings. The van der Waals surface area contributed by atoms with Gasteiger partial charge in [0, 0.05) is 6.61 Å². The van der Waals surface area contributed by atoms with Gasteiger partial charge in [0.1, 0.15) is 5.69 Å². The Hall–Kier alpha value is -2.52. The highest BCUT2D eigenvalue weighted by atomic mass is 16.5. The van der Waals surface area contributed by atoms with Crippen LogP contribution in [0.1, 0.15) is 6.42 Å². The lowest BCUT2D eigenvalue weighted by Crippen LogP contribution is -2.42. The smallest absolute Gasteiger partial charge is 0.266 e. The van der Waals surface area contributed by atoms with E-state index in [1.54, 1.807) is 10.7 Å². The summed E-state index contributed by atoms with van der Waals surface area (Å²) < 4.78 is 12.1. The summed E-state index contributed by atoms with van der Waals surface area (Å²) in [6.45, 7) is 0.921. The van der Waals surface area contributed by atoms with Crippen LogP contribution in [0.2, 0.25) is 0 Å². The molecule has 2 atom stereocenters. The van der Waals surface area contributed by atoms with Gasteiger partial charge in [0.15, 0.2) is 0 Å². The van der Waals surface area contributed by atoms with Crippen LogP contribution in [0.4, 0.5) is 5.95 Å². The Labute approximate surface area is 124 Å². The first-order valence-electron chi connectivity index (χ1n) is 6.95. The Morgan fingerprint density at radius 2 is 2.32 bits per heavy atom. The van der Waals surface area contributed by atoms with E-state index in [2.05, 4.69) is 25.6 Å². The van der Waals surface area contributed by atoms with Crippen LogP contribution in [0, 0.1) is 0 Å². The summed E-state index contributed by atoms with van der Waals surface area (Å²) in [5, 5.41) is 25.1. The second-order valence-electron chi connectivity index (χ2n) is 5.06. The van der Waals surface area contributed by atoms with Crippen LogP contribution in [0.3, 0.4) is 0 Å². The molecule has 22 heavy (non-hydrogen) atoms. The summed E-state index contributed by atoms with van der Waals surface area (Å²) in [6.07, 6.45) is 3.09. The minimum absolute atomic E-state index is 0.131. The fourth-order valence-corrected chi connectivity index (χ4v) is 2.47. The molecule has 0 spiro atoms. The van der Waals surface area contributed by atoms with Gasteiger partial charge in [-0.25, -0.2) is 9.50 Å². The minimum atomic E-state index is -0.576. The van der Waals surface area contributed by atoms with Gasteiger partial charge in [0.2, 0.25) is 12.3 Å². The van der Waals surface area contributed by atoms with Crippen LogP contribution in [0.5, 0.6) is 0 Å². The van der Waals surface area contributed by atoms with Crippen molar-refractivity contribution < 1.29 is 14.3 Å². The fourth-order valence-electron chi connectivity index (χ4n) is 2.47. The topological polar surface area (TPSA) is 111 Å². The highest BCUT2D eigenvalue weighted by Crippen LogP contribution is 2.20. The lowest BCUT2D eigenvalue weighted by atomic mass is 10.1. The molecule has 0 radical (unpaired) electrons. The molecule has 0 aliphatic carbocycles. The van der Waals surface area contributed by atoms with Crippen molar-refractivity contribution in [2.75, 3.05) is 18.5 Å². The fraction of sp³-hybridized carbons (Fsp3) is 0.385. The highest BCUT2D eigenvalue weighted by Gasteiger charge is 2.24. The summed E-state index contributed by atoms with van der Waals surface area (Å²) in [6, 6.07) is 3.57. The minimum Gasteiger partial charge on any atom is -0.422 e. The van der Waals surface area contributed by atoms with Crippen LogP contribution in [0.25, 0.3) is 17.1 Å². The Morgan fingerprint density at radius 3 is 3.14 bits per heavy atom. The predicted octanol–water partition coefficient (Wildman–Crippen LogP) is 0.341. The Bertz CT molecular complexity index is 771. The summed E-state index contributed by atoms with van der Waals surface area (Å²) in [4.78, 5) is 4.27. The Kier molecular flexibility index (Phi) is 3.20. The molecule has 1 aliphatic heterocycles. The van der Waals surface area contributed by atoms with Crippen LogP contribution >= 0.6 is 0 Å². The van der Waals surface area contributed by atoms with Crippen LogP contribution < -0.4 is 5.32 Å². The van der Waals surface area contributed by atoms with Crippen molar-refractivity contribution in [2.24, 2.45) is 0 Å². The number of aliphatic hydroxyl groups excluding tert-OH is 1. The maximum absolute atomic E-state index is 9.93. The SMILES string of the molecule is O[C@@H]1COCC[C@H]1Nc1ncc2ccc(-c3nnco3)n2n1. The number of anilines is 1. The van der Waals surface area contributed by atoms with Crippen molar-refractivity contribution in [1.29, 1.82) is 0 Å². The lowest BCUT2D eigenvalue weighted by Gasteiger charge is -2.28. The summed E-state index contributed by atoms with van der Waals surface area (Å²) in [5.41, 5.74) is 1.50. The quantitative estimate of drug-likeness (QED) is 0.712. The second kappa shape index (κ2) is 5.35. The Balaban J connectivity index is 1.66. The number of fused-ring (bicyclic) bond motifs is 1. The first kappa shape index (κ1) is 13.2. The average Bonchev–Trinajstić information content (AvgIpc) is 3.18. The number of ether oxygens (including phenoxy) is 1. The van der Waals surface area contributed by atoms with E-state index in [1.165, 1.54) is 6.39 Å². The number of hydrogen-bond donors (Lipinski definition) is 2. The van der Waals surface area contributed by atoms with E-state index in [4.69, 9.17) is 9.15 Å². The monoisotopic (exact) mass is 302 g/mol. The van der Waals surface area contributed by atoms with Crippen LogP contribution in [-0.4, -0.2) is 55.3 Å². The first-order valence-corrected chi connectivity index (χ1v) is 6.95. The first-order chi connectivity index (χ1) is 10.8. The number of aliphatic hydroxyl groups is 1. The Morgan fingerprint density at radius 1 is 1.36 bits per heavy atom. The van der Waals surface area contributed by atoms with E-state index in [1.807, 2.05) is 12.1 Å². The number of aromatic nitrogens is 5. The predicted molar refractivity (Wildman–Crippen MR) is 75.1 cm³/mol. The van der Waals surface area contributed by atoms with Crippen molar-refractivity contribution in [3.63, 3.8) is 0 Å². The van der Waals surface area contributed by atoms with Crippen molar-refractivity contribution >= 4 is 11.5 Å². The van der Waals surface area contributed by atoms with E-state index >= 15 is 0 Å². The van der Waals surface area contributed by atoms with Gasteiger partial charge < -0.3 is 19.6 Å². The largest absolute Gasteiger partial charge is 0.422 e. The molecule has 0 aromatic carbocycles. The third-order valence-electron chi connectivity index (χ3n) is 3.62. The van der Waals surface area contributed by atoms with Crippen molar-refractivity contribution in [1.82, 2.24) is 24.8 Å². The van der Waals surface area contributed by atoms with Gasteiger partial charge in [-0.3, -0.25) is 0 Å². The van der Waals surface area contributed by atoms with E-state index in [0.29, 0.717) is 37.2 Å². The molecule has 4 heterocycles. The third-order valence-corrected chi connectivity index (χ3v) is 3.62. The molecule has 9 heteroatoms. The van der Waals surface area contributed by atoms with Crippen molar-refractivity contribution in [3.05, 3.63) is 24.7 Å². The zero-order valence-corrected chi connectivity index (χ0v) is 11.6. The summed E-state index contributed by atoms with van der Waals surface area (Å²) >= 11 is 0. The van der Waals surface area contributed by atoms with E-state index in [-0.39, 0.29) is 6.04 Å². The average molecular weight is 302 g/mol. The number of nitrogens with one attached hydrogen (secondary N) is 1. The normalized spacial score (nSPS) is 22.0. The zero-order chi connectivity index (χ0) is 14.9. The highest BCUT2D eigenvalue weighted by molar-refractivity contribution is 5.59. The third kappa shape index (κ3) is 2.30. The van der Waals surface area contributed by atoms with Gasteiger partial charge in [-0.1, -0.05) is 0 Å². The zero-order valence-electron chi connectivity index (χ0n) is 11.6. The van der Waals surface area contributed by atoms with Crippen LogP contribution in [0.15, 0.2) is 29.1 Å². The summed E-state index contributed by atoms with van der Waals surface area (Å²) in [5.74, 6) is 0.811. The molecular formula is C13H14N6O3. The van der Waals surface area contributed by atoms with Crippen molar-refractivity contribution in [2.45, 2.75) is 18.6 Å². The van der Waals surface area contributed by atoms with Crippen LogP contribution in [-0.2, 0) is 4.74 Å². The van der Waals surface area contributed by atoms with Gasteiger partial charge in [-0.05, 0) is 18.6 Å². The molecule has 3 aromatic heterocycles. The lowest BCUT2D eigenvalue weighted by molar-refractivity contribution is -0.0136. The number of nitrogens with zero attached hydrogens (tertiary/aromatic N) is 5. The maximum Gasteiger partial charge on any atom is 0.266 e. The molecular weight excluding hydrogens is 288 g/mol. The molecule has 4 rings (SSSR count). The van der Waals surface area contributed by atoms with Gasteiger partial charge in [0.05, 0.1) is 30.5 Å². The summed E-state index contributed by atoms with van der Waals surface area (Å²) in [7, 11) is 0. The van der Waals surface area contributed by atoms with E-state index in [0.717, 1.165) is 5.52 Å². The molecule has 0 unspecified atom stereocenters. The van der Waals surface area contributed by atoms with Crippen molar-refractivity contribution in [3.8, 4) is 11.6 Å². The van der Waals surface area contributed by atoms with E-state index < -0.39 is 6.10 Å². The maximum atomic E-state index is 9.93. The number of hydrogen-bond acceptors (Lipinski definition) is 8. The van der Waals surface area contributed by atoms with Gasteiger partial charge >= 0.3 is 0 Å². The molecule has 0 saturated carbocycles. The van der Waals surface area contributed by atoms with E-state index in [9.17, 15) is 5.11 Å². The second-order valence-corrected chi connectivity index (χ2v) is 5.06. The molecule has 1 aliphatic rings. The molecule has 0 bridgehead atoms. The molecule has 1 saturated heterocycles. The van der Waals surface area contributed by atoms with Gasteiger partial charge in [0.25, 0.3) is 5.89 Å². The molecule has 3 aromatic rings.